The number of aryl methyl sites for hydroxylation is 1. The maximum Gasteiger partial charge on any atom is 0.118 e. The van der Waals surface area contributed by atoms with Gasteiger partial charge in [0, 0.05) is 5.56 Å². The molecule has 0 spiro atoms. The van der Waals surface area contributed by atoms with E-state index in [0.29, 0.717) is 13.1 Å². The van der Waals surface area contributed by atoms with Gasteiger partial charge in [0.2, 0.25) is 0 Å². The number of quaternary nitrogens is 1. The van der Waals surface area contributed by atoms with Gasteiger partial charge in [-0.1, -0.05) is 36.4 Å². The molecule has 0 heterocycles. The molecule has 0 saturated heterocycles. The number of carboxylic acids is 1. The molecule has 0 saturated carbocycles. The van der Waals surface area contributed by atoms with Crippen LogP contribution in [0.25, 0.3) is 0 Å². The molecule has 1 rings (SSSR count). The molecule has 86 valence electrons. The van der Waals surface area contributed by atoms with Crippen LogP contribution < -0.4 is 10.0 Å². The number of hydrogen-bond acceptors (Lipinski definition) is 2. The Morgan fingerprint density at radius 2 is 2.31 bits per heavy atom. The summed E-state index contributed by atoms with van der Waals surface area (Å²) in [6, 6.07) is 8.08. The predicted molar refractivity (Wildman–Crippen MR) is 60.8 cm³/mol. The quantitative estimate of drug-likeness (QED) is 0.644. The summed E-state index contributed by atoms with van der Waals surface area (Å²) in [5.41, 5.74) is 2.32. The van der Waals surface area contributed by atoms with Crippen LogP contribution in [0.2, 0.25) is 0 Å². The number of carboxylic acid groups (broad SMARTS) is 1. The lowest BCUT2D eigenvalue weighted by atomic mass is 10.1. The molecule has 0 aliphatic carbocycles. The molecule has 1 unspecified atom stereocenters. The Morgan fingerprint density at radius 3 is 2.88 bits per heavy atom. The van der Waals surface area contributed by atoms with Crippen LogP contribution in [0.15, 0.2) is 36.9 Å². The van der Waals surface area contributed by atoms with E-state index in [1.807, 2.05) is 25.1 Å². The van der Waals surface area contributed by atoms with Crippen LogP contribution in [0.5, 0.6) is 0 Å². The standard InChI is InChI=1S/C13H17NO2/c1-3-7-14(10-13(15)16)9-12-6-4-5-11(2)8-12/h3-6,8H,1,7,9-10H2,2H3,(H,15,16). The zero-order valence-corrected chi connectivity index (χ0v) is 9.53. The van der Waals surface area contributed by atoms with Gasteiger partial charge in [-0.3, -0.25) is 0 Å². The second-order valence-electron chi connectivity index (χ2n) is 3.96. The maximum atomic E-state index is 10.6. The van der Waals surface area contributed by atoms with Gasteiger partial charge >= 0.3 is 0 Å². The lowest BCUT2D eigenvalue weighted by Crippen LogP contribution is -3.11. The van der Waals surface area contributed by atoms with Gasteiger partial charge in [0.1, 0.15) is 13.1 Å². The molecule has 16 heavy (non-hydrogen) atoms. The molecule has 1 N–H and O–H groups in total. The lowest BCUT2D eigenvalue weighted by molar-refractivity contribution is -0.902. The van der Waals surface area contributed by atoms with Crippen molar-refractivity contribution in [1.82, 2.24) is 0 Å². The molecule has 0 aromatic heterocycles. The molecule has 0 fully saturated rings. The van der Waals surface area contributed by atoms with Gasteiger partial charge in [0.25, 0.3) is 0 Å². The van der Waals surface area contributed by atoms with Crippen LogP contribution in [0, 0.1) is 6.92 Å². The monoisotopic (exact) mass is 219 g/mol. The number of carbonyl (C=O) groups excluding carboxylic acids is 1. The Balaban J connectivity index is 2.66. The topological polar surface area (TPSA) is 44.6 Å². The fourth-order valence-electron chi connectivity index (χ4n) is 1.73. The van der Waals surface area contributed by atoms with Crippen molar-refractivity contribution in [3.05, 3.63) is 48.0 Å². The molecule has 0 bridgehead atoms. The maximum absolute atomic E-state index is 10.6. The number of nitrogens with one attached hydrogen (secondary N) is 1. The zero-order chi connectivity index (χ0) is 12.0. The first kappa shape index (κ1) is 12.5. The second-order valence-corrected chi connectivity index (χ2v) is 3.96. The van der Waals surface area contributed by atoms with E-state index in [1.165, 1.54) is 5.56 Å². The van der Waals surface area contributed by atoms with E-state index in [2.05, 4.69) is 12.6 Å². The fraction of sp³-hybridized carbons (Fsp3) is 0.308. The van der Waals surface area contributed by atoms with Crippen LogP contribution in [0.3, 0.4) is 0 Å². The number of hydrogen-bond donors (Lipinski definition) is 1. The fourth-order valence-corrected chi connectivity index (χ4v) is 1.73. The highest BCUT2D eigenvalue weighted by Crippen LogP contribution is 2.01. The van der Waals surface area contributed by atoms with E-state index in [1.54, 1.807) is 6.08 Å². The molecule has 0 aliphatic heterocycles. The normalized spacial score (nSPS) is 12.1. The highest BCUT2D eigenvalue weighted by molar-refractivity contribution is 5.65. The summed E-state index contributed by atoms with van der Waals surface area (Å²) in [6.45, 7) is 6.98. The Morgan fingerprint density at radius 1 is 1.56 bits per heavy atom. The summed E-state index contributed by atoms with van der Waals surface area (Å²) in [5.74, 6) is -1.02. The summed E-state index contributed by atoms with van der Waals surface area (Å²) in [6.07, 6.45) is 1.73. The summed E-state index contributed by atoms with van der Waals surface area (Å²) >= 11 is 0. The number of carbonyl (C=O) groups is 1. The van der Waals surface area contributed by atoms with Gasteiger partial charge in [0.05, 0.1) is 12.5 Å². The molecule has 3 nitrogen and oxygen atoms in total. The molecule has 0 amide bonds. The van der Waals surface area contributed by atoms with Gasteiger partial charge < -0.3 is 14.8 Å². The van der Waals surface area contributed by atoms with Crippen molar-refractivity contribution >= 4 is 5.97 Å². The predicted octanol–water partition coefficient (Wildman–Crippen LogP) is -0.684. The molecular formula is C13H17NO2. The molecule has 0 radical (unpaired) electrons. The van der Waals surface area contributed by atoms with Gasteiger partial charge in [-0.15, -0.1) is 0 Å². The van der Waals surface area contributed by atoms with E-state index in [9.17, 15) is 9.90 Å². The molecule has 1 aromatic carbocycles. The number of rotatable bonds is 6. The number of benzene rings is 1. The van der Waals surface area contributed by atoms with E-state index in [0.717, 1.165) is 10.5 Å². The zero-order valence-electron chi connectivity index (χ0n) is 9.53. The first-order chi connectivity index (χ1) is 7.61. The summed E-state index contributed by atoms with van der Waals surface area (Å²) in [5, 5.41) is 10.6. The van der Waals surface area contributed by atoms with E-state index < -0.39 is 5.97 Å². The van der Waals surface area contributed by atoms with Gasteiger partial charge in [0.15, 0.2) is 0 Å². The molecule has 0 aliphatic rings. The Bertz CT molecular complexity index is 374. The summed E-state index contributed by atoms with van der Waals surface area (Å²) in [7, 11) is 0. The van der Waals surface area contributed by atoms with Crippen LogP contribution in [0.4, 0.5) is 0 Å². The third kappa shape index (κ3) is 4.28. The molecule has 1 aromatic rings. The minimum absolute atomic E-state index is 0.0139. The van der Waals surface area contributed by atoms with Crippen molar-refractivity contribution in [3.8, 4) is 0 Å². The van der Waals surface area contributed by atoms with Crippen molar-refractivity contribution in [2.45, 2.75) is 13.5 Å². The summed E-state index contributed by atoms with van der Waals surface area (Å²) < 4.78 is 0. The van der Waals surface area contributed by atoms with Crippen LogP contribution in [-0.4, -0.2) is 19.1 Å². The average Bonchev–Trinajstić information content (AvgIpc) is 2.16. The largest absolute Gasteiger partial charge is 0.544 e. The first-order valence-electron chi connectivity index (χ1n) is 5.31. The van der Waals surface area contributed by atoms with Gasteiger partial charge in [-0.05, 0) is 13.0 Å². The van der Waals surface area contributed by atoms with Crippen LogP contribution in [0.1, 0.15) is 11.1 Å². The third-order valence-corrected chi connectivity index (χ3v) is 2.36. The van der Waals surface area contributed by atoms with E-state index in [-0.39, 0.29) is 6.54 Å². The van der Waals surface area contributed by atoms with Gasteiger partial charge in [-0.25, -0.2) is 0 Å². The Hall–Kier alpha value is -1.61. The highest BCUT2D eigenvalue weighted by atomic mass is 16.4. The van der Waals surface area contributed by atoms with Crippen LogP contribution in [-0.2, 0) is 11.3 Å². The SMILES string of the molecule is C=CC[NH+](CC(=O)[O-])Cc1cccc(C)c1. The lowest BCUT2D eigenvalue weighted by Gasteiger charge is -2.18. The van der Waals surface area contributed by atoms with Gasteiger partial charge in [-0.2, -0.15) is 0 Å². The third-order valence-electron chi connectivity index (χ3n) is 2.36. The van der Waals surface area contributed by atoms with Crippen molar-refractivity contribution in [2.24, 2.45) is 0 Å². The highest BCUT2D eigenvalue weighted by Gasteiger charge is 2.07. The second kappa shape index (κ2) is 6.08. The minimum atomic E-state index is -1.02. The Kier molecular flexibility index (Phi) is 4.73. The Labute approximate surface area is 96.0 Å². The minimum Gasteiger partial charge on any atom is -0.544 e. The molecule has 3 heteroatoms. The molecule has 1 atom stereocenters. The van der Waals surface area contributed by atoms with Crippen LogP contribution >= 0.6 is 0 Å². The number of aliphatic carboxylic acids is 1. The van der Waals surface area contributed by atoms with Crippen molar-refractivity contribution in [2.75, 3.05) is 13.1 Å². The van der Waals surface area contributed by atoms with Crippen molar-refractivity contribution in [1.29, 1.82) is 0 Å². The smallest absolute Gasteiger partial charge is 0.118 e. The van der Waals surface area contributed by atoms with E-state index >= 15 is 0 Å². The van der Waals surface area contributed by atoms with E-state index in [4.69, 9.17) is 0 Å². The average molecular weight is 219 g/mol. The van der Waals surface area contributed by atoms with Crippen molar-refractivity contribution in [3.63, 3.8) is 0 Å². The first-order valence-corrected chi connectivity index (χ1v) is 5.31. The molecular weight excluding hydrogens is 202 g/mol. The van der Waals surface area contributed by atoms with Crippen molar-refractivity contribution < 1.29 is 14.8 Å². The summed E-state index contributed by atoms with van der Waals surface area (Å²) in [4.78, 5) is 11.5.